The Balaban J connectivity index is 1.79. The van der Waals surface area contributed by atoms with Crippen LogP contribution in [-0.2, 0) is 9.53 Å². The van der Waals surface area contributed by atoms with Gasteiger partial charge in [-0.1, -0.05) is 30.3 Å². The van der Waals surface area contributed by atoms with Crippen molar-refractivity contribution in [1.29, 1.82) is 0 Å². The SMILES string of the molecule is CCNC(=O)NC(=O)[C@H](OC(=O)c1ccc2c(c1)OCCO2)c1ccccc1. The number of carbonyl (C=O) groups excluding carboxylic acids is 3. The van der Waals surface area contributed by atoms with E-state index in [1.54, 1.807) is 43.3 Å². The van der Waals surface area contributed by atoms with E-state index in [1.165, 1.54) is 12.1 Å². The highest BCUT2D eigenvalue weighted by Crippen LogP contribution is 2.31. The van der Waals surface area contributed by atoms with Crippen molar-refractivity contribution in [2.45, 2.75) is 13.0 Å². The Kier molecular flexibility index (Phi) is 6.11. The Bertz CT molecular complexity index is 868. The molecule has 0 unspecified atom stereocenters. The maximum atomic E-state index is 12.6. The van der Waals surface area contributed by atoms with Crippen molar-refractivity contribution in [2.75, 3.05) is 19.8 Å². The van der Waals surface area contributed by atoms with E-state index in [0.29, 0.717) is 36.8 Å². The number of amides is 3. The third-order valence-corrected chi connectivity index (χ3v) is 3.92. The van der Waals surface area contributed by atoms with Gasteiger partial charge in [0.05, 0.1) is 5.56 Å². The van der Waals surface area contributed by atoms with Crippen molar-refractivity contribution in [3.8, 4) is 11.5 Å². The summed E-state index contributed by atoms with van der Waals surface area (Å²) in [5.41, 5.74) is 0.645. The number of fused-ring (bicyclic) bond motifs is 1. The summed E-state index contributed by atoms with van der Waals surface area (Å²) in [5, 5.41) is 4.64. The van der Waals surface area contributed by atoms with Gasteiger partial charge in [0.1, 0.15) is 13.2 Å². The number of carbonyl (C=O) groups is 3. The van der Waals surface area contributed by atoms with E-state index in [1.807, 2.05) is 0 Å². The van der Waals surface area contributed by atoms with Crippen molar-refractivity contribution in [1.82, 2.24) is 10.6 Å². The predicted octanol–water partition coefficient (Wildman–Crippen LogP) is 2.20. The fourth-order valence-electron chi connectivity index (χ4n) is 2.63. The number of nitrogens with one attached hydrogen (secondary N) is 2. The normalized spacial score (nSPS) is 13.2. The summed E-state index contributed by atoms with van der Waals surface area (Å²) in [6.45, 7) is 2.90. The molecule has 3 amide bonds. The van der Waals surface area contributed by atoms with Gasteiger partial charge in [0, 0.05) is 12.1 Å². The standard InChI is InChI=1S/C20H20N2O6/c1-2-21-20(25)22-18(23)17(13-6-4-3-5-7-13)28-19(24)14-8-9-15-16(12-14)27-11-10-26-15/h3-9,12,17H,2,10-11H2,1H3,(H2,21,22,23,25)/t17-/m1/s1. The second kappa shape index (κ2) is 8.90. The molecule has 146 valence electrons. The Hall–Kier alpha value is -3.55. The van der Waals surface area contributed by atoms with Crippen LogP contribution in [0.1, 0.15) is 28.9 Å². The van der Waals surface area contributed by atoms with Gasteiger partial charge in [-0.15, -0.1) is 0 Å². The van der Waals surface area contributed by atoms with Gasteiger partial charge in [-0.2, -0.15) is 0 Å². The summed E-state index contributed by atoms with van der Waals surface area (Å²) in [6.07, 6.45) is -1.29. The molecule has 0 saturated carbocycles. The lowest BCUT2D eigenvalue weighted by atomic mass is 10.1. The van der Waals surface area contributed by atoms with Crippen molar-refractivity contribution in [2.24, 2.45) is 0 Å². The van der Waals surface area contributed by atoms with Gasteiger partial charge in [-0.25, -0.2) is 9.59 Å². The van der Waals surface area contributed by atoms with Crippen LogP contribution in [0.4, 0.5) is 4.79 Å². The van der Waals surface area contributed by atoms with Gasteiger partial charge < -0.3 is 19.5 Å². The molecule has 0 radical (unpaired) electrons. The van der Waals surface area contributed by atoms with Crippen molar-refractivity contribution >= 4 is 17.9 Å². The van der Waals surface area contributed by atoms with Crippen molar-refractivity contribution in [3.63, 3.8) is 0 Å². The first-order valence-electron chi connectivity index (χ1n) is 8.82. The Morgan fingerprint density at radius 3 is 2.46 bits per heavy atom. The first-order chi connectivity index (χ1) is 13.6. The van der Waals surface area contributed by atoms with Gasteiger partial charge >= 0.3 is 12.0 Å². The topological polar surface area (TPSA) is 103 Å². The average Bonchev–Trinajstić information content (AvgIpc) is 2.72. The van der Waals surface area contributed by atoms with E-state index in [0.717, 1.165) is 0 Å². The van der Waals surface area contributed by atoms with Crippen LogP contribution in [-0.4, -0.2) is 37.7 Å². The van der Waals surface area contributed by atoms with Gasteiger partial charge in [0.25, 0.3) is 5.91 Å². The lowest BCUT2D eigenvalue weighted by Crippen LogP contribution is -2.42. The molecule has 28 heavy (non-hydrogen) atoms. The predicted molar refractivity (Wildman–Crippen MR) is 99.2 cm³/mol. The van der Waals surface area contributed by atoms with E-state index in [2.05, 4.69) is 10.6 Å². The van der Waals surface area contributed by atoms with Crippen LogP contribution in [0, 0.1) is 0 Å². The highest BCUT2D eigenvalue weighted by molar-refractivity contribution is 5.99. The lowest BCUT2D eigenvalue weighted by molar-refractivity contribution is -0.129. The Labute approximate surface area is 161 Å². The molecule has 0 fully saturated rings. The highest BCUT2D eigenvalue weighted by Gasteiger charge is 2.27. The average molecular weight is 384 g/mol. The number of esters is 1. The zero-order chi connectivity index (χ0) is 19.9. The first-order valence-corrected chi connectivity index (χ1v) is 8.82. The second-order valence-corrected chi connectivity index (χ2v) is 5.90. The molecule has 8 nitrogen and oxygen atoms in total. The molecule has 2 aromatic carbocycles. The summed E-state index contributed by atoms with van der Waals surface area (Å²) in [6, 6.07) is 12.4. The molecule has 1 aliphatic rings. The highest BCUT2D eigenvalue weighted by atomic mass is 16.6. The largest absolute Gasteiger partial charge is 0.486 e. The van der Waals surface area contributed by atoms with Crippen LogP contribution in [0.5, 0.6) is 11.5 Å². The minimum atomic E-state index is -1.29. The summed E-state index contributed by atoms with van der Waals surface area (Å²) in [4.78, 5) is 36.9. The van der Waals surface area contributed by atoms with Crippen LogP contribution < -0.4 is 20.1 Å². The van der Waals surface area contributed by atoms with Crippen LogP contribution >= 0.6 is 0 Å². The number of hydrogen-bond donors (Lipinski definition) is 2. The quantitative estimate of drug-likeness (QED) is 0.766. The van der Waals surface area contributed by atoms with Crippen molar-refractivity contribution < 1.29 is 28.6 Å². The third-order valence-electron chi connectivity index (χ3n) is 3.92. The summed E-state index contributed by atoms with van der Waals surface area (Å²) >= 11 is 0. The molecule has 0 spiro atoms. The van der Waals surface area contributed by atoms with Gasteiger partial charge in [-0.3, -0.25) is 10.1 Å². The number of urea groups is 1. The maximum absolute atomic E-state index is 12.6. The monoisotopic (exact) mass is 384 g/mol. The molecule has 0 aromatic heterocycles. The number of hydrogen-bond acceptors (Lipinski definition) is 6. The number of benzene rings is 2. The minimum Gasteiger partial charge on any atom is -0.486 e. The molecule has 3 rings (SSSR count). The molecule has 2 N–H and O–H groups in total. The van der Waals surface area contributed by atoms with Gasteiger partial charge in [0.15, 0.2) is 11.5 Å². The lowest BCUT2D eigenvalue weighted by Gasteiger charge is -2.20. The molecular weight excluding hydrogens is 364 g/mol. The Morgan fingerprint density at radius 1 is 1.04 bits per heavy atom. The van der Waals surface area contributed by atoms with E-state index in [4.69, 9.17) is 14.2 Å². The molecule has 1 atom stereocenters. The number of rotatable bonds is 5. The fraction of sp³-hybridized carbons (Fsp3) is 0.250. The maximum Gasteiger partial charge on any atom is 0.339 e. The fourth-order valence-corrected chi connectivity index (χ4v) is 2.63. The van der Waals surface area contributed by atoms with E-state index >= 15 is 0 Å². The molecular formula is C20H20N2O6. The van der Waals surface area contributed by atoms with Crippen LogP contribution in [0.3, 0.4) is 0 Å². The smallest absolute Gasteiger partial charge is 0.339 e. The van der Waals surface area contributed by atoms with E-state index in [9.17, 15) is 14.4 Å². The van der Waals surface area contributed by atoms with E-state index in [-0.39, 0.29) is 5.56 Å². The summed E-state index contributed by atoms with van der Waals surface area (Å²) < 4.78 is 16.3. The summed E-state index contributed by atoms with van der Waals surface area (Å²) in [7, 11) is 0. The molecule has 0 bridgehead atoms. The van der Waals surface area contributed by atoms with Gasteiger partial charge in [-0.05, 0) is 25.1 Å². The molecule has 0 saturated heterocycles. The number of imide groups is 1. The number of ether oxygens (including phenoxy) is 3. The molecule has 8 heteroatoms. The molecule has 2 aromatic rings. The van der Waals surface area contributed by atoms with Crippen molar-refractivity contribution in [3.05, 3.63) is 59.7 Å². The zero-order valence-electron chi connectivity index (χ0n) is 15.3. The molecule has 1 heterocycles. The minimum absolute atomic E-state index is 0.205. The molecule has 1 aliphatic heterocycles. The van der Waals surface area contributed by atoms with Crippen LogP contribution in [0.2, 0.25) is 0 Å². The van der Waals surface area contributed by atoms with Crippen LogP contribution in [0.15, 0.2) is 48.5 Å². The Morgan fingerprint density at radius 2 is 1.75 bits per heavy atom. The molecule has 0 aliphatic carbocycles. The van der Waals surface area contributed by atoms with Crippen LogP contribution in [0.25, 0.3) is 0 Å². The first kappa shape index (κ1) is 19.2. The van der Waals surface area contributed by atoms with E-state index < -0.39 is 24.0 Å². The second-order valence-electron chi connectivity index (χ2n) is 5.90. The summed E-state index contributed by atoms with van der Waals surface area (Å²) in [5.74, 6) is -0.500. The zero-order valence-corrected chi connectivity index (χ0v) is 15.3. The van der Waals surface area contributed by atoms with Gasteiger partial charge in [0.2, 0.25) is 6.10 Å². The third kappa shape index (κ3) is 4.59.